The lowest BCUT2D eigenvalue weighted by atomic mass is 9.58. The Hall–Kier alpha value is -1.36. The number of carbonyl (C=O) groups excluding carboxylic acids is 1. The summed E-state index contributed by atoms with van der Waals surface area (Å²) in [6.45, 7) is 10.6. The summed E-state index contributed by atoms with van der Waals surface area (Å²) in [6.07, 6.45) is 3.12. The normalized spacial score (nSPS) is 23.7. The van der Waals surface area contributed by atoms with Gasteiger partial charge in [0, 0.05) is 18.1 Å². The van der Waals surface area contributed by atoms with Crippen molar-refractivity contribution in [2.24, 2.45) is 5.41 Å². The molecule has 1 heterocycles. The SMILES string of the molecule is CCO[C@@H]1C[C@H](NC(=O)c2c(C)noc2C)C1(CC)CC. The van der Waals surface area contributed by atoms with Crippen molar-refractivity contribution in [2.45, 2.75) is 66.0 Å². The van der Waals surface area contributed by atoms with Gasteiger partial charge in [-0.25, -0.2) is 0 Å². The number of nitrogens with zero attached hydrogens (tertiary/aromatic N) is 1. The molecule has 0 saturated heterocycles. The molecule has 1 aromatic heterocycles. The first-order valence-electron chi connectivity index (χ1n) is 7.85. The van der Waals surface area contributed by atoms with Gasteiger partial charge in [0.1, 0.15) is 11.3 Å². The highest BCUT2D eigenvalue weighted by atomic mass is 16.5. The van der Waals surface area contributed by atoms with Crippen LogP contribution in [0, 0.1) is 19.3 Å². The van der Waals surface area contributed by atoms with Crippen LogP contribution in [0.5, 0.6) is 0 Å². The first-order valence-corrected chi connectivity index (χ1v) is 7.85. The number of hydrogen-bond acceptors (Lipinski definition) is 4. The third-order valence-corrected chi connectivity index (χ3v) is 5.04. The molecule has 2 rings (SSSR count). The quantitative estimate of drug-likeness (QED) is 0.876. The third-order valence-electron chi connectivity index (χ3n) is 5.04. The van der Waals surface area contributed by atoms with E-state index in [9.17, 15) is 4.79 Å². The second kappa shape index (κ2) is 6.18. The Morgan fingerprint density at radius 1 is 1.38 bits per heavy atom. The molecule has 1 saturated carbocycles. The number of rotatable bonds is 6. The van der Waals surface area contributed by atoms with E-state index in [2.05, 4.69) is 24.3 Å². The molecule has 0 aromatic carbocycles. The molecule has 0 radical (unpaired) electrons. The molecule has 2 atom stereocenters. The summed E-state index contributed by atoms with van der Waals surface area (Å²) in [4.78, 5) is 12.5. The lowest BCUT2D eigenvalue weighted by Gasteiger charge is -2.55. The highest BCUT2D eigenvalue weighted by Crippen LogP contribution is 2.49. The number of ether oxygens (including phenoxy) is 1. The monoisotopic (exact) mass is 294 g/mol. The van der Waals surface area contributed by atoms with Gasteiger partial charge in [-0.15, -0.1) is 0 Å². The molecular weight excluding hydrogens is 268 g/mol. The van der Waals surface area contributed by atoms with Crippen LogP contribution in [0.4, 0.5) is 0 Å². The summed E-state index contributed by atoms with van der Waals surface area (Å²) in [6, 6.07) is 0.158. The molecule has 0 spiro atoms. The smallest absolute Gasteiger partial charge is 0.257 e. The van der Waals surface area contributed by atoms with Gasteiger partial charge in [0.15, 0.2) is 0 Å². The maximum atomic E-state index is 12.5. The molecule has 21 heavy (non-hydrogen) atoms. The number of amides is 1. The number of nitrogens with one attached hydrogen (secondary N) is 1. The predicted molar refractivity (Wildman–Crippen MR) is 80.3 cm³/mol. The van der Waals surface area contributed by atoms with Crippen LogP contribution < -0.4 is 5.32 Å². The first kappa shape index (κ1) is 16.0. The lowest BCUT2D eigenvalue weighted by Crippen LogP contribution is -2.64. The van der Waals surface area contributed by atoms with Gasteiger partial charge in [0.2, 0.25) is 0 Å². The molecule has 0 unspecified atom stereocenters. The summed E-state index contributed by atoms with van der Waals surface area (Å²) >= 11 is 0. The van der Waals surface area contributed by atoms with Gasteiger partial charge >= 0.3 is 0 Å². The number of hydrogen-bond donors (Lipinski definition) is 1. The van der Waals surface area contributed by atoms with E-state index in [0.29, 0.717) is 17.0 Å². The van der Waals surface area contributed by atoms with E-state index in [1.54, 1.807) is 13.8 Å². The van der Waals surface area contributed by atoms with Crippen molar-refractivity contribution in [1.29, 1.82) is 0 Å². The molecule has 118 valence electrons. The largest absolute Gasteiger partial charge is 0.378 e. The Kier molecular flexibility index (Phi) is 4.71. The van der Waals surface area contributed by atoms with E-state index < -0.39 is 0 Å². The van der Waals surface area contributed by atoms with Crippen molar-refractivity contribution in [3.8, 4) is 0 Å². The van der Waals surface area contributed by atoms with Crippen LogP contribution >= 0.6 is 0 Å². The molecule has 1 aliphatic carbocycles. The zero-order valence-corrected chi connectivity index (χ0v) is 13.7. The number of aromatic nitrogens is 1. The zero-order valence-electron chi connectivity index (χ0n) is 13.7. The van der Waals surface area contributed by atoms with Crippen LogP contribution in [0.1, 0.15) is 61.8 Å². The zero-order chi connectivity index (χ0) is 15.6. The maximum absolute atomic E-state index is 12.5. The number of aryl methyl sites for hydroxylation is 2. The predicted octanol–water partition coefficient (Wildman–Crippen LogP) is 3.01. The topological polar surface area (TPSA) is 64.4 Å². The van der Waals surface area contributed by atoms with Gasteiger partial charge in [-0.1, -0.05) is 19.0 Å². The summed E-state index contributed by atoms with van der Waals surface area (Å²) in [5, 5.41) is 7.01. The molecular formula is C16H26N2O3. The van der Waals surface area contributed by atoms with Crippen LogP contribution in [0.15, 0.2) is 4.52 Å². The molecule has 5 heteroatoms. The Morgan fingerprint density at radius 3 is 2.52 bits per heavy atom. The fourth-order valence-electron chi connectivity index (χ4n) is 3.62. The lowest BCUT2D eigenvalue weighted by molar-refractivity contribution is -0.134. The molecule has 5 nitrogen and oxygen atoms in total. The highest BCUT2D eigenvalue weighted by Gasteiger charge is 2.54. The molecule has 0 bridgehead atoms. The van der Waals surface area contributed by atoms with Crippen molar-refractivity contribution >= 4 is 5.91 Å². The minimum absolute atomic E-state index is 0.0463. The summed E-state index contributed by atoms with van der Waals surface area (Å²) in [5.41, 5.74) is 1.25. The van der Waals surface area contributed by atoms with Gasteiger partial charge in [-0.2, -0.15) is 0 Å². The van der Waals surface area contributed by atoms with E-state index >= 15 is 0 Å². The van der Waals surface area contributed by atoms with Crippen LogP contribution in [0.25, 0.3) is 0 Å². The molecule has 1 fully saturated rings. The second-order valence-electron chi connectivity index (χ2n) is 5.85. The van der Waals surface area contributed by atoms with Crippen LogP contribution in [-0.4, -0.2) is 29.8 Å². The second-order valence-corrected chi connectivity index (χ2v) is 5.85. The standard InChI is InChI=1S/C16H26N2O3/c1-6-16(7-2)12(9-13(16)20-8-3)17-15(19)14-10(4)18-21-11(14)5/h12-13H,6-9H2,1-5H3,(H,17,19)/t12-,13+/m0/s1. The Labute approximate surface area is 126 Å². The fraction of sp³-hybridized carbons (Fsp3) is 0.750. The van der Waals surface area contributed by atoms with E-state index in [4.69, 9.17) is 9.26 Å². The minimum atomic E-state index is -0.0857. The summed E-state index contributed by atoms with van der Waals surface area (Å²) in [5.74, 6) is 0.488. The molecule has 1 aliphatic rings. The Bertz CT molecular complexity index is 486. The fourth-order valence-corrected chi connectivity index (χ4v) is 3.62. The van der Waals surface area contributed by atoms with Crippen molar-refractivity contribution < 1.29 is 14.1 Å². The van der Waals surface area contributed by atoms with Gasteiger partial charge in [-0.3, -0.25) is 4.79 Å². The maximum Gasteiger partial charge on any atom is 0.257 e. The molecule has 1 N–H and O–H groups in total. The van der Waals surface area contributed by atoms with Crippen molar-refractivity contribution in [3.05, 3.63) is 17.0 Å². The van der Waals surface area contributed by atoms with Crippen LogP contribution in [-0.2, 0) is 4.74 Å². The van der Waals surface area contributed by atoms with Gasteiger partial charge < -0.3 is 14.6 Å². The molecule has 0 aliphatic heterocycles. The molecule has 1 amide bonds. The van der Waals surface area contributed by atoms with E-state index in [1.807, 2.05) is 6.92 Å². The van der Waals surface area contributed by atoms with Crippen molar-refractivity contribution in [2.75, 3.05) is 6.61 Å². The van der Waals surface area contributed by atoms with Crippen molar-refractivity contribution in [3.63, 3.8) is 0 Å². The summed E-state index contributed by atoms with van der Waals surface area (Å²) < 4.78 is 10.9. The van der Waals surface area contributed by atoms with Gasteiger partial charge in [0.05, 0.1) is 11.8 Å². The van der Waals surface area contributed by atoms with Gasteiger partial charge in [0.25, 0.3) is 5.91 Å². The third kappa shape index (κ3) is 2.59. The average molecular weight is 294 g/mol. The number of carbonyl (C=O) groups is 1. The van der Waals surface area contributed by atoms with E-state index in [0.717, 1.165) is 25.9 Å². The average Bonchev–Trinajstić information content (AvgIpc) is 2.78. The van der Waals surface area contributed by atoms with E-state index in [1.165, 1.54) is 0 Å². The Morgan fingerprint density at radius 2 is 2.05 bits per heavy atom. The Balaban J connectivity index is 2.11. The van der Waals surface area contributed by atoms with Crippen molar-refractivity contribution in [1.82, 2.24) is 10.5 Å². The summed E-state index contributed by atoms with van der Waals surface area (Å²) in [7, 11) is 0. The highest BCUT2D eigenvalue weighted by molar-refractivity contribution is 5.96. The van der Waals surface area contributed by atoms with E-state index in [-0.39, 0.29) is 23.5 Å². The first-order chi connectivity index (χ1) is 10.00. The van der Waals surface area contributed by atoms with Crippen LogP contribution in [0.2, 0.25) is 0 Å². The van der Waals surface area contributed by atoms with Gasteiger partial charge in [-0.05, 0) is 40.0 Å². The van der Waals surface area contributed by atoms with Crippen LogP contribution in [0.3, 0.4) is 0 Å². The minimum Gasteiger partial charge on any atom is -0.378 e. The molecule has 1 aromatic rings.